The SMILES string of the molecule is COc1ccc(S(=O)(=O)Nc2cc(C(=O)N3CCN(c4cccc(Cl)c4)CC3)ccc2N2C[C@H]3C[C@@H](C2)c2cccc(=O)n2C3)cc1. The predicted octanol–water partition coefficient (Wildman–Crippen LogP) is 4.90. The van der Waals surface area contributed by atoms with E-state index in [1.807, 2.05) is 41.0 Å². The number of ether oxygens (including phenoxy) is 1. The molecule has 7 rings (SSSR count). The molecule has 4 aromatic rings. The minimum atomic E-state index is -4.00. The van der Waals surface area contributed by atoms with Crippen LogP contribution in [0.4, 0.5) is 17.1 Å². The third-order valence-electron chi connectivity index (χ3n) is 9.42. The number of aromatic nitrogens is 1. The number of hydrogen-bond acceptors (Lipinski definition) is 7. The van der Waals surface area contributed by atoms with Crippen LogP contribution < -0.4 is 24.8 Å². The number of nitrogens with zero attached hydrogens (tertiary/aromatic N) is 4. The molecule has 2 fully saturated rings. The summed E-state index contributed by atoms with van der Waals surface area (Å²) in [7, 11) is -2.48. The highest BCUT2D eigenvalue weighted by atomic mass is 35.5. The number of fused-ring (bicyclic) bond motifs is 4. The van der Waals surface area contributed by atoms with E-state index in [2.05, 4.69) is 14.5 Å². The third-order valence-corrected chi connectivity index (χ3v) is 11.0. The number of carbonyl (C=O) groups excluding carboxylic acids is 1. The molecular weight excluding hydrogens is 638 g/mol. The number of piperidine rings is 1. The van der Waals surface area contributed by atoms with Crippen LogP contribution in [0.15, 0.2) is 94.6 Å². The molecule has 0 radical (unpaired) electrons. The molecule has 3 aliphatic heterocycles. The molecule has 12 heteroatoms. The zero-order valence-electron chi connectivity index (χ0n) is 26.0. The molecule has 244 valence electrons. The van der Waals surface area contributed by atoms with Crippen LogP contribution in [0.25, 0.3) is 0 Å². The van der Waals surface area contributed by atoms with Crippen molar-refractivity contribution in [3.63, 3.8) is 0 Å². The van der Waals surface area contributed by atoms with Gasteiger partial charge in [0.15, 0.2) is 0 Å². The molecule has 0 spiro atoms. The molecule has 0 saturated carbocycles. The van der Waals surface area contributed by atoms with Crippen LogP contribution in [0.5, 0.6) is 5.75 Å². The van der Waals surface area contributed by atoms with Crippen LogP contribution >= 0.6 is 11.6 Å². The summed E-state index contributed by atoms with van der Waals surface area (Å²) in [4.78, 5) is 32.7. The second kappa shape index (κ2) is 12.6. The van der Waals surface area contributed by atoms with Crippen LogP contribution in [0.1, 0.15) is 28.4 Å². The molecule has 0 aliphatic carbocycles. The highest BCUT2D eigenvalue weighted by molar-refractivity contribution is 7.92. The Balaban J connectivity index is 1.18. The Morgan fingerprint density at radius 3 is 2.38 bits per heavy atom. The Hall–Kier alpha value is -4.48. The quantitative estimate of drug-likeness (QED) is 0.298. The molecule has 1 N–H and O–H groups in total. The first kappa shape index (κ1) is 31.1. The van der Waals surface area contributed by atoms with Crippen LogP contribution in [-0.4, -0.2) is 70.2 Å². The largest absolute Gasteiger partial charge is 0.497 e. The molecule has 0 unspecified atom stereocenters. The number of hydrogen-bond donors (Lipinski definition) is 1. The van der Waals surface area contributed by atoms with Gasteiger partial charge in [0.1, 0.15) is 5.75 Å². The molecule has 2 bridgehead atoms. The van der Waals surface area contributed by atoms with E-state index in [1.165, 1.54) is 19.2 Å². The van der Waals surface area contributed by atoms with E-state index < -0.39 is 10.0 Å². The molecular formula is C35H36ClN5O5S. The highest BCUT2D eigenvalue weighted by Crippen LogP contribution is 2.40. The van der Waals surface area contributed by atoms with Crippen LogP contribution in [0.2, 0.25) is 5.02 Å². The molecule has 2 atom stereocenters. The number of benzene rings is 3. The molecule has 3 aliphatic rings. The first-order valence-electron chi connectivity index (χ1n) is 15.7. The summed E-state index contributed by atoms with van der Waals surface area (Å²) in [6.07, 6.45) is 0.963. The van der Waals surface area contributed by atoms with Gasteiger partial charge in [0.25, 0.3) is 21.5 Å². The monoisotopic (exact) mass is 673 g/mol. The maximum atomic E-state index is 13.8. The number of carbonyl (C=O) groups is 1. The first-order chi connectivity index (χ1) is 22.7. The third kappa shape index (κ3) is 6.29. The Labute approximate surface area is 279 Å². The van der Waals surface area contributed by atoms with Gasteiger partial charge in [-0.25, -0.2) is 8.42 Å². The van der Waals surface area contributed by atoms with E-state index in [1.54, 1.807) is 41.3 Å². The van der Waals surface area contributed by atoms with E-state index in [-0.39, 0.29) is 28.2 Å². The fourth-order valence-electron chi connectivity index (χ4n) is 7.10. The maximum absolute atomic E-state index is 13.8. The second-order valence-electron chi connectivity index (χ2n) is 12.4. The van der Waals surface area contributed by atoms with Gasteiger partial charge in [0, 0.05) is 79.8 Å². The summed E-state index contributed by atoms with van der Waals surface area (Å²) in [6.45, 7) is 4.25. The van der Waals surface area contributed by atoms with Crippen molar-refractivity contribution in [1.82, 2.24) is 9.47 Å². The Bertz CT molecular complexity index is 1980. The summed E-state index contributed by atoms with van der Waals surface area (Å²) in [5.74, 6) is 0.743. The van der Waals surface area contributed by atoms with Gasteiger partial charge < -0.3 is 24.0 Å². The minimum absolute atomic E-state index is 0.00913. The Morgan fingerprint density at radius 2 is 1.64 bits per heavy atom. The predicted molar refractivity (Wildman–Crippen MR) is 184 cm³/mol. The number of pyridine rings is 1. The Morgan fingerprint density at radius 1 is 0.872 bits per heavy atom. The van der Waals surface area contributed by atoms with Crippen molar-refractivity contribution in [2.75, 3.05) is 60.9 Å². The molecule has 3 aromatic carbocycles. The summed E-state index contributed by atoms with van der Waals surface area (Å²) in [5.41, 5.74) is 3.48. The standard InChI is InChI=1S/C35H36ClN5O5S/c1-46-29-9-11-30(12-10-29)47(44,45)37-31-19-25(35(43)39-16-14-38(15-17-39)28-5-2-4-27(36)20-28)8-13-33(31)40-21-24-18-26(23-40)32-6-3-7-34(42)41(32)22-24/h2-13,19-20,24,26,37H,14-18,21-23H2,1H3/t24-,26+/m1/s1. The van der Waals surface area contributed by atoms with E-state index in [0.29, 0.717) is 73.5 Å². The number of anilines is 3. The number of sulfonamides is 1. The average Bonchev–Trinajstić information content (AvgIpc) is 3.08. The Kier molecular flexibility index (Phi) is 8.36. The molecule has 47 heavy (non-hydrogen) atoms. The van der Waals surface area contributed by atoms with Crippen molar-refractivity contribution in [2.24, 2.45) is 5.92 Å². The minimum Gasteiger partial charge on any atom is -0.497 e. The lowest BCUT2D eigenvalue weighted by Crippen LogP contribution is -2.49. The van der Waals surface area contributed by atoms with E-state index in [9.17, 15) is 18.0 Å². The van der Waals surface area contributed by atoms with E-state index in [0.717, 1.165) is 17.8 Å². The zero-order chi connectivity index (χ0) is 32.7. The van der Waals surface area contributed by atoms with Gasteiger partial charge in [-0.2, -0.15) is 0 Å². The van der Waals surface area contributed by atoms with Crippen molar-refractivity contribution in [3.05, 3.63) is 112 Å². The van der Waals surface area contributed by atoms with Gasteiger partial charge in [0.2, 0.25) is 0 Å². The molecule has 4 heterocycles. The van der Waals surface area contributed by atoms with Crippen molar-refractivity contribution >= 4 is 44.6 Å². The van der Waals surface area contributed by atoms with Gasteiger partial charge in [-0.1, -0.05) is 23.7 Å². The number of piperazine rings is 1. The number of nitrogens with one attached hydrogen (secondary N) is 1. The van der Waals surface area contributed by atoms with E-state index >= 15 is 0 Å². The van der Waals surface area contributed by atoms with Crippen molar-refractivity contribution in [3.8, 4) is 5.75 Å². The average molecular weight is 674 g/mol. The maximum Gasteiger partial charge on any atom is 0.261 e. The lowest BCUT2D eigenvalue weighted by Gasteiger charge is -2.44. The summed E-state index contributed by atoms with van der Waals surface area (Å²) >= 11 is 6.20. The van der Waals surface area contributed by atoms with Crippen LogP contribution in [0.3, 0.4) is 0 Å². The summed E-state index contributed by atoms with van der Waals surface area (Å²) in [5, 5.41) is 0.668. The normalized spacial score (nSPS) is 19.2. The van der Waals surface area contributed by atoms with Gasteiger partial charge in [-0.15, -0.1) is 0 Å². The molecule has 1 amide bonds. The summed E-state index contributed by atoms with van der Waals surface area (Å²) in [6, 6.07) is 24.6. The van der Waals surface area contributed by atoms with Gasteiger partial charge in [-0.3, -0.25) is 14.3 Å². The fraction of sp³-hybridized carbons (Fsp3) is 0.314. The van der Waals surface area contributed by atoms with Gasteiger partial charge >= 0.3 is 0 Å². The van der Waals surface area contributed by atoms with Gasteiger partial charge in [-0.05, 0) is 79.1 Å². The topological polar surface area (TPSA) is 104 Å². The lowest BCUT2D eigenvalue weighted by molar-refractivity contribution is 0.0747. The summed E-state index contributed by atoms with van der Waals surface area (Å²) < 4.78 is 37.3. The van der Waals surface area contributed by atoms with Crippen molar-refractivity contribution in [1.29, 1.82) is 0 Å². The highest BCUT2D eigenvalue weighted by Gasteiger charge is 2.36. The van der Waals surface area contributed by atoms with E-state index in [4.69, 9.17) is 16.3 Å². The van der Waals surface area contributed by atoms with Gasteiger partial charge in [0.05, 0.1) is 23.4 Å². The lowest BCUT2D eigenvalue weighted by atomic mass is 9.83. The molecule has 2 saturated heterocycles. The smallest absolute Gasteiger partial charge is 0.261 e. The molecule has 10 nitrogen and oxygen atoms in total. The second-order valence-corrected chi connectivity index (χ2v) is 14.5. The van der Waals surface area contributed by atoms with Crippen molar-refractivity contribution in [2.45, 2.75) is 23.8 Å². The van der Waals surface area contributed by atoms with Crippen molar-refractivity contribution < 1.29 is 17.9 Å². The number of rotatable bonds is 7. The van der Waals surface area contributed by atoms with Crippen LogP contribution in [0, 0.1) is 5.92 Å². The first-order valence-corrected chi connectivity index (χ1v) is 17.6. The molecule has 1 aromatic heterocycles. The number of amides is 1. The fourth-order valence-corrected chi connectivity index (χ4v) is 8.35. The number of halogens is 1. The number of methoxy groups -OCH3 is 1. The van der Waals surface area contributed by atoms with Crippen LogP contribution in [-0.2, 0) is 16.6 Å². The zero-order valence-corrected chi connectivity index (χ0v) is 27.6.